The highest BCUT2D eigenvalue weighted by molar-refractivity contribution is 7.99. The Kier molecular flexibility index (Phi) is 5.99. The van der Waals surface area contributed by atoms with Crippen LogP contribution in [0.15, 0.2) is 78.0 Å². The van der Waals surface area contributed by atoms with Crippen LogP contribution in [0.25, 0.3) is 17.1 Å². The van der Waals surface area contributed by atoms with Gasteiger partial charge >= 0.3 is 0 Å². The largest absolute Gasteiger partial charge is 0.454 e. The molecular weight excluding hydrogens is 436 g/mol. The highest BCUT2D eigenvalue weighted by Crippen LogP contribution is 2.41. The Hall–Kier alpha value is -3.78. The first-order valence-corrected chi connectivity index (χ1v) is 11.5. The molecule has 1 aliphatic heterocycles. The fourth-order valence-electron chi connectivity index (χ4n) is 3.54. The molecule has 33 heavy (non-hydrogen) atoms. The van der Waals surface area contributed by atoms with Gasteiger partial charge in [0.2, 0.25) is 12.7 Å². The third-order valence-electron chi connectivity index (χ3n) is 5.23. The number of rotatable bonds is 7. The standard InChI is InChI=1S/C25H22N4O3S/c1-17-10-12-18(13-11-17)14-26-22(30)15-33-25-28-27-24(29(25)19-6-3-2-4-7-19)20-8-5-9-21-23(20)32-16-31-21/h2-13H,14-16H2,1H3,(H,26,30). The molecule has 1 amide bonds. The number of carbonyl (C=O) groups excluding carboxylic acids is 1. The van der Waals surface area contributed by atoms with Crippen molar-refractivity contribution in [2.24, 2.45) is 0 Å². The number of aromatic nitrogens is 3. The summed E-state index contributed by atoms with van der Waals surface area (Å²) >= 11 is 1.34. The van der Waals surface area contributed by atoms with Gasteiger partial charge < -0.3 is 14.8 Å². The Balaban J connectivity index is 1.37. The van der Waals surface area contributed by atoms with Crippen LogP contribution in [0.5, 0.6) is 11.5 Å². The van der Waals surface area contributed by atoms with E-state index < -0.39 is 0 Å². The smallest absolute Gasteiger partial charge is 0.231 e. The third-order valence-corrected chi connectivity index (χ3v) is 6.16. The second-order valence-corrected chi connectivity index (χ2v) is 8.51. The normalized spacial score (nSPS) is 12.0. The molecule has 0 saturated carbocycles. The monoisotopic (exact) mass is 458 g/mol. The summed E-state index contributed by atoms with van der Waals surface area (Å²) in [6.07, 6.45) is 0. The number of benzene rings is 3. The van der Waals surface area contributed by atoms with Crippen LogP contribution in [0.1, 0.15) is 11.1 Å². The Morgan fingerprint density at radius 3 is 2.64 bits per heavy atom. The van der Waals surface area contributed by atoms with Gasteiger partial charge in [-0.2, -0.15) is 0 Å². The van der Waals surface area contributed by atoms with Gasteiger partial charge in [0, 0.05) is 12.2 Å². The van der Waals surface area contributed by atoms with E-state index in [-0.39, 0.29) is 18.5 Å². The molecule has 1 aromatic heterocycles. The lowest BCUT2D eigenvalue weighted by atomic mass is 10.1. The summed E-state index contributed by atoms with van der Waals surface area (Å²) in [6.45, 7) is 2.71. The second-order valence-electron chi connectivity index (χ2n) is 7.57. The van der Waals surface area contributed by atoms with Gasteiger partial charge in [-0.1, -0.05) is 65.9 Å². The van der Waals surface area contributed by atoms with Gasteiger partial charge in [-0.3, -0.25) is 9.36 Å². The number of carbonyl (C=O) groups is 1. The van der Waals surface area contributed by atoms with E-state index in [1.54, 1.807) is 0 Å². The summed E-state index contributed by atoms with van der Waals surface area (Å²) < 4.78 is 13.2. The number of ether oxygens (including phenoxy) is 2. The molecule has 1 N–H and O–H groups in total. The van der Waals surface area contributed by atoms with Crippen molar-refractivity contribution in [1.82, 2.24) is 20.1 Å². The highest BCUT2D eigenvalue weighted by atomic mass is 32.2. The maximum absolute atomic E-state index is 12.5. The molecule has 0 fully saturated rings. The quantitative estimate of drug-likeness (QED) is 0.414. The Labute approximate surface area is 195 Å². The summed E-state index contributed by atoms with van der Waals surface area (Å²) in [6, 6.07) is 23.6. The minimum atomic E-state index is -0.0675. The van der Waals surface area contributed by atoms with E-state index in [1.807, 2.05) is 84.3 Å². The Morgan fingerprint density at radius 1 is 1.00 bits per heavy atom. The molecule has 3 aromatic carbocycles. The number of fused-ring (bicyclic) bond motifs is 1. The molecule has 0 aliphatic carbocycles. The fourth-order valence-corrected chi connectivity index (χ4v) is 4.32. The number of thioether (sulfide) groups is 1. The molecule has 0 spiro atoms. The lowest BCUT2D eigenvalue weighted by Gasteiger charge is -2.11. The van der Waals surface area contributed by atoms with Crippen molar-refractivity contribution in [2.45, 2.75) is 18.6 Å². The van der Waals surface area contributed by atoms with E-state index in [0.717, 1.165) is 16.8 Å². The first-order chi connectivity index (χ1) is 16.2. The zero-order valence-corrected chi connectivity index (χ0v) is 18.8. The second kappa shape index (κ2) is 9.38. The zero-order chi connectivity index (χ0) is 22.6. The zero-order valence-electron chi connectivity index (χ0n) is 18.0. The summed E-state index contributed by atoms with van der Waals surface area (Å²) in [5, 5.41) is 12.4. The van der Waals surface area contributed by atoms with Crippen molar-refractivity contribution in [2.75, 3.05) is 12.5 Å². The first kappa shape index (κ1) is 21.1. The maximum atomic E-state index is 12.5. The highest BCUT2D eigenvalue weighted by Gasteiger charge is 2.24. The molecule has 8 heteroatoms. The molecule has 166 valence electrons. The van der Waals surface area contributed by atoms with E-state index in [1.165, 1.54) is 17.3 Å². The van der Waals surface area contributed by atoms with Crippen molar-refractivity contribution in [3.05, 3.63) is 83.9 Å². The fraction of sp³-hybridized carbons (Fsp3) is 0.160. The van der Waals surface area contributed by atoms with E-state index in [4.69, 9.17) is 9.47 Å². The molecule has 0 saturated heterocycles. The Morgan fingerprint density at radius 2 is 1.82 bits per heavy atom. The molecule has 0 atom stereocenters. The lowest BCUT2D eigenvalue weighted by Crippen LogP contribution is -2.24. The number of nitrogens with one attached hydrogen (secondary N) is 1. The minimum Gasteiger partial charge on any atom is -0.454 e. The predicted molar refractivity (Wildman–Crippen MR) is 127 cm³/mol. The van der Waals surface area contributed by atoms with Crippen LogP contribution in [-0.4, -0.2) is 33.2 Å². The van der Waals surface area contributed by atoms with E-state index in [9.17, 15) is 4.79 Å². The third kappa shape index (κ3) is 4.56. The molecule has 5 rings (SSSR count). The van der Waals surface area contributed by atoms with Gasteiger partial charge in [-0.05, 0) is 36.8 Å². The van der Waals surface area contributed by atoms with Gasteiger partial charge in [0.1, 0.15) is 0 Å². The van der Waals surface area contributed by atoms with E-state index in [0.29, 0.717) is 29.0 Å². The summed E-state index contributed by atoms with van der Waals surface area (Å²) in [5.74, 6) is 2.12. The molecule has 2 heterocycles. The molecule has 0 bridgehead atoms. The van der Waals surface area contributed by atoms with Crippen molar-refractivity contribution in [3.8, 4) is 28.6 Å². The summed E-state index contributed by atoms with van der Waals surface area (Å²) in [4.78, 5) is 12.5. The van der Waals surface area contributed by atoms with Crippen LogP contribution in [0, 0.1) is 6.92 Å². The van der Waals surface area contributed by atoms with Crippen LogP contribution in [-0.2, 0) is 11.3 Å². The molecule has 1 aliphatic rings. The summed E-state index contributed by atoms with van der Waals surface area (Å²) in [7, 11) is 0. The first-order valence-electron chi connectivity index (χ1n) is 10.5. The maximum Gasteiger partial charge on any atom is 0.231 e. The molecule has 7 nitrogen and oxygen atoms in total. The average molecular weight is 459 g/mol. The van der Waals surface area contributed by atoms with Crippen molar-refractivity contribution >= 4 is 17.7 Å². The Bertz CT molecular complexity index is 1270. The van der Waals surface area contributed by atoms with Gasteiger partial charge in [0.25, 0.3) is 0 Å². The number of amides is 1. The van der Waals surface area contributed by atoms with Crippen LogP contribution >= 0.6 is 11.8 Å². The SMILES string of the molecule is Cc1ccc(CNC(=O)CSc2nnc(-c3cccc4c3OCO4)n2-c2ccccc2)cc1. The number of para-hydroxylation sites is 2. The average Bonchev–Trinajstić information content (AvgIpc) is 3.50. The van der Waals surface area contributed by atoms with Crippen molar-refractivity contribution in [3.63, 3.8) is 0 Å². The lowest BCUT2D eigenvalue weighted by molar-refractivity contribution is -0.118. The molecule has 0 unspecified atom stereocenters. The van der Waals surface area contributed by atoms with Gasteiger partial charge in [-0.15, -0.1) is 10.2 Å². The van der Waals surface area contributed by atoms with E-state index in [2.05, 4.69) is 15.5 Å². The van der Waals surface area contributed by atoms with E-state index >= 15 is 0 Å². The van der Waals surface area contributed by atoms with Gasteiger partial charge in [-0.25, -0.2) is 0 Å². The molecule has 4 aromatic rings. The summed E-state index contributed by atoms with van der Waals surface area (Å²) in [5.41, 5.74) is 3.94. The topological polar surface area (TPSA) is 78.3 Å². The van der Waals surface area contributed by atoms with Crippen LogP contribution in [0.3, 0.4) is 0 Å². The van der Waals surface area contributed by atoms with Crippen molar-refractivity contribution < 1.29 is 14.3 Å². The number of hydrogen-bond donors (Lipinski definition) is 1. The van der Waals surface area contributed by atoms with Crippen LogP contribution < -0.4 is 14.8 Å². The number of nitrogens with zero attached hydrogens (tertiary/aromatic N) is 3. The minimum absolute atomic E-state index is 0.0675. The van der Waals surface area contributed by atoms with Crippen LogP contribution in [0.4, 0.5) is 0 Å². The van der Waals surface area contributed by atoms with Gasteiger partial charge in [0.15, 0.2) is 22.5 Å². The molecule has 0 radical (unpaired) electrons. The van der Waals surface area contributed by atoms with Crippen molar-refractivity contribution in [1.29, 1.82) is 0 Å². The van der Waals surface area contributed by atoms with Crippen LogP contribution in [0.2, 0.25) is 0 Å². The van der Waals surface area contributed by atoms with Gasteiger partial charge in [0.05, 0.1) is 11.3 Å². The predicted octanol–water partition coefficient (Wildman–Crippen LogP) is 4.38. The number of hydrogen-bond acceptors (Lipinski definition) is 6. The number of aryl methyl sites for hydroxylation is 1. The molecular formula is C25H22N4O3S.